The topological polar surface area (TPSA) is 76.6 Å². The minimum atomic E-state index is -0.557. The zero-order valence-electron chi connectivity index (χ0n) is 11.5. The van der Waals surface area contributed by atoms with E-state index in [9.17, 15) is 14.9 Å². The number of rotatable bonds is 4. The number of benzene rings is 1. The van der Waals surface area contributed by atoms with Crippen molar-refractivity contribution in [1.29, 1.82) is 0 Å². The van der Waals surface area contributed by atoms with Crippen LogP contribution in [0.3, 0.4) is 0 Å². The Balaban J connectivity index is 2.19. The van der Waals surface area contributed by atoms with Crippen LogP contribution in [0.4, 0.5) is 5.69 Å². The number of hydrogen-bond donors (Lipinski definition) is 0. The van der Waals surface area contributed by atoms with Gasteiger partial charge >= 0.3 is 0 Å². The van der Waals surface area contributed by atoms with Crippen molar-refractivity contribution in [3.8, 4) is 0 Å². The van der Waals surface area contributed by atoms with Crippen molar-refractivity contribution in [2.75, 3.05) is 7.05 Å². The standard InChI is InChI=1S/C14H13ClN2O4/c1-9-10(5-6-21-9)8-16(2)14(18)12-4-3-11(17(19)20)7-13(12)15/h3-7H,8H2,1-2H3. The van der Waals surface area contributed by atoms with Gasteiger partial charge in [-0.25, -0.2) is 0 Å². The van der Waals surface area contributed by atoms with Crippen molar-refractivity contribution in [3.05, 3.63) is 62.6 Å². The van der Waals surface area contributed by atoms with E-state index >= 15 is 0 Å². The number of hydrogen-bond acceptors (Lipinski definition) is 4. The van der Waals surface area contributed by atoms with E-state index in [-0.39, 0.29) is 22.2 Å². The number of amides is 1. The van der Waals surface area contributed by atoms with Gasteiger partial charge in [-0.2, -0.15) is 0 Å². The summed E-state index contributed by atoms with van der Waals surface area (Å²) in [6.45, 7) is 2.18. The molecule has 0 aliphatic carbocycles. The molecule has 0 aliphatic rings. The molecule has 0 unspecified atom stereocenters. The maximum Gasteiger partial charge on any atom is 0.270 e. The van der Waals surface area contributed by atoms with Gasteiger partial charge in [-0.1, -0.05) is 11.6 Å². The maximum atomic E-state index is 12.3. The highest BCUT2D eigenvalue weighted by Crippen LogP contribution is 2.24. The molecular formula is C14H13ClN2O4. The van der Waals surface area contributed by atoms with Crippen LogP contribution in [0.1, 0.15) is 21.7 Å². The molecule has 21 heavy (non-hydrogen) atoms. The van der Waals surface area contributed by atoms with Gasteiger partial charge < -0.3 is 9.32 Å². The van der Waals surface area contributed by atoms with E-state index in [4.69, 9.17) is 16.0 Å². The lowest BCUT2D eigenvalue weighted by atomic mass is 10.1. The number of carbonyl (C=O) groups is 1. The smallest absolute Gasteiger partial charge is 0.270 e. The minimum Gasteiger partial charge on any atom is -0.469 e. The monoisotopic (exact) mass is 308 g/mol. The van der Waals surface area contributed by atoms with Gasteiger partial charge in [0.25, 0.3) is 11.6 Å². The van der Waals surface area contributed by atoms with Gasteiger partial charge in [0.1, 0.15) is 5.76 Å². The molecule has 7 heteroatoms. The molecule has 0 radical (unpaired) electrons. The van der Waals surface area contributed by atoms with Crippen LogP contribution in [0.2, 0.25) is 5.02 Å². The summed E-state index contributed by atoms with van der Waals surface area (Å²) in [4.78, 5) is 23.9. The first-order valence-corrected chi connectivity index (χ1v) is 6.50. The number of non-ortho nitro benzene ring substituents is 1. The van der Waals surface area contributed by atoms with Gasteiger partial charge in [0.15, 0.2) is 0 Å². The molecule has 2 rings (SSSR count). The van der Waals surface area contributed by atoms with Gasteiger partial charge in [-0.05, 0) is 19.1 Å². The minimum absolute atomic E-state index is 0.0602. The largest absolute Gasteiger partial charge is 0.469 e. The Morgan fingerprint density at radius 2 is 2.14 bits per heavy atom. The predicted molar refractivity (Wildman–Crippen MR) is 77.3 cm³/mol. The molecule has 0 spiro atoms. The SMILES string of the molecule is Cc1occc1CN(C)C(=O)c1ccc([N+](=O)[O-])cc1Cl. The molecule has 1 aromatic carbocycles. The summed E-state index contributed by atoms with van der Waals surface area (Å²) in [5.41, 5.74) is 0.972. The molecular weight excluding hydrogens is 296 g/mol. The molecule has 1 heterocycles. The van der Waals surface area contributed by atoms with Crippen molar-refractivity contribution in [2.24, 2.45) is 0 Å². The summed E-state index contributed by atoms with van der Waals surface area (Å²) in [5, 5.41) is 10.7. The van der Waals surface area contributed by atoms with Crippen LogP contribution in [0.5, 0.6) is 0 Å². The molecule has 0 fully saturated rings. The first-order valence-electron chi connectivity index (χ1n) is 6.12. The van der Waals surface area contributed by atoms with E-state index in [0.29, 0.717) is 6.54 Å². The molecule has 0 bridgehead atoms. The average Bonchev–Trinajstić information content (AvgIpc) is 2.83. The fraction of sp³-hybridized carbons (Fsp3) is 0.214. The van der Waals surface area contributed by atoms with Crippen molar-refractivity contribution in [3.63, 3.8) is 0 Å². The number of nitrogens with zero attached hydrogens (tertiary/aromatic N) is 2. The lowest BCUT2D eigenvalue weighted by Crippen LogP contribution is -2.26. The maximum absolute atomic E-state index is 12.3. The first kappa shape index (κ1) is 15.1. The van der Waals surface area contributed by atoms with Crippen molar-refractivity contribution >= 4 is 23.2 Å². The molecule has 0 saturated carbocycles. The third-order valence-corrected chi connectivity index (χ3v) is 3.43. The molecule has 2 aromatic rings. The predicted octanol–water partition coefficient (Wildman–Crippen LogP) is 3.42. The molecule has 110 valence electrons. The summed E-state index contributed by atoms with van der Waals surface area (Å²) in [5.74, 6) is 0.431. The zero-order chi connectivity index (χ0) is 15.6. The quantitative estimate of drug-likeness (QED) is 0.640. The van der Waals surface area contributed by atoms with Gasteiger partial charge in [-0.3, -0.25) is 14.9 Å². The number of furan rings is 1. The summed E-state index contributed by atoms with van der Waals surface area (Å²) < 4.78 is 5.18. The van der Waals surface area contributed by atoms with Crippen LogP contribution < -0.4 is 0 Å². The molecule has 6 nitrogen and oxygen atoms in total. The van der Waals surface area contributed by atoms with Crippen LogP contribution >= 0.6 is 11.6 Å². The summed E-state index contributed by atoms with van der Waals surface area (Å²) in [7, 11) is 1.63. The number of aryl methyl sites for hydroxylation is 1. The van der Waals surface area contributed by atoms with Gasteiger partial charge in [0.2, 0.25) is 0 Å². The molecule has 1 amide bonds. The number of carbonyl (C=O) groups excluding carboxylic acids is 1. The van der Waals surface area contributed by atoms with Crippen LogP contribution in [-0.4, -0.2) is 22.8 Å². The van der Waals surface area contributed by atoms with Gasteiger partial charge in [-0.15, -0.1) is 0 Å². The van der Waals surface area contributed by atoms with Gasteiger partial charge in [0, 0.05) is 31.3 Å². The molecule has 0 atom stereocenters. The van der Waals surface area contributed by atoms with Crippen molar-refractivity contribution in [1.82, 2.24) is 4.90 Å². The van der Waals surface area contributed by atoms with E-state index in [2.05, 4.69) is 0 Å². The zero-order valence-corrected chi connectivity index (χ0v) is 12.3. The average molecular weight is 309 g/mol. The Morgan fingerprint density at radius 3 is 2.67 bits per heavy atom. The van der Waals surface area contributed by atoms with E-state index in [1.54, 1.807) is 19.4 Å². The summed E-state index contributed by atoms with van der Waals surface area (Å²) in [6, 6.07) is 5.58. The highest BCUT2D eigenvalue weighted by Gasteiger charge is 2.19. The number of nitro benzene ring substituents is 1. The summed E-state index contributed by atoms with van der Waals surface area (Å²) in [6.07, 6.45) is 1.56. The number of nitro groups is 1. The van der Waals surface area contributed by atoms with E-state index in [1.165, 1.54) is 23.1 Å². The Labute approximate surface area is 126 Å². The van der Waals surface area contributed by atoms with E-state index in [1.807, 2.05) is 6.92 Å². The van der Waals surface area contributed by atoms with E-state index in [0.717, 1.165) is 11.3 Å². The van der Waals surface area contributed by atoms with Crippen LogP contribution in [0, 0.1) is 17.0 Å². The van der Waals surface area contributed by atoms with Crippen LogP contribution in [0.25, 0.3) is 0 Å². The fourth-order valence-corrected chi connectivity index (χ4v) is 2.15. The Hall–Kier alpha value is -2.34. The highest BCUT2D eigenvalue weighted by atomic mass is 35.5. The first-order chi connectivity index (χ1) is 9.90. The second-order valence-electron chi connectivity index (χ2n) is 4.58. The lowest BCUT2D eigenvalue weighted by Gasteiger charge is -2.17. The Morgan fingerprint density at radius 1 is 1.43 bits per heavy atom. The summed E-state index contributed by atoms with van der Waals surface area (Å²) >= 11 is 5.96. The van der Waals surface area contributed by atoms with Crippen molar-refractivity contribution in [2.45, 2.75) is 13.5 Å². The normalized spacial score (nSPS) is 10.4. The third-order valence-electron chi connectivity index (χ3n) is 3.11. The molecule has 0 aliphatic heterocycles. The fourth-order valence-electron chi connectivity index (χ4n) is 1.90. The van der Waals surface area contributed by atoms with Crippen LogP contribution in [-0.2, 0) is 6.54 Å². The highest BCUT2D eigenvalue weighted by molar-refractivity contribution is 6.34. The molecule has 0 saturated heterocycles. The second-order valence-corrected chi connectivity index (χ2v) is 4.99. The lowest BCUT2D eigenvalue weighted by molar-refractivity contribution is -0.384. The Bertz CT molecular complexity index is 696. The van der Waals surface area contributed by atoms with Crippen LogP contribution in [0.15, 0.2) is 34.9 Å². The Kier molecular flexibility index (Phi) is 4.28. The molecule has 1 aromatic heterocycles. The van der Waals surface area contributed by atoms with Crippen molar-refractivity contribution < 1.29 is 14.1 Å². The number of halogens is 1. The molecule has 0 N–H and O–H groups in total. The second kappa shape index (κ2) is 5.97. The van der Waals surface area contributed by atoms with E-state index < -0.39 is 4.92 Å². The van der Waals surface area contributed by atoms with Gasteiger partial charge in [0.05, 0.1) is 21.8 Å². The third kappa shape index (κ3) is 3.22.